The van der Waals surface area contributed by atoms with E-state index in [1.165, 1.54) is 12.1 Å². The molecule has 0 aliphatic heterocycles. The van der Waals surface area contributed by atoms with Gasteiger partial charge in [-0.3, -0.25) is 14.9 Å². The van der Waals surface area contributed by atoms with Crippen LogP contribution in [0, 0.1) is 16.0 Å². The predicted octanol–water partition coefficient (Wildman–Crippen LogP) is 4.86. The molecule has 0 saturated carbocycles. The summed E-state index contributed by atoms with van der Waals surface area (Å²) in [6.07, 6.45) is 0. The SMILES string of the molecule is CC(C)[C@H](NC(=O)c1ccc(-c2ccccc2[N+](=O)[O-])o1)c1nc2ccccc2[nH]1. The van der Waals surface area contributed by atoms with Gasteiger partial charge in [-0.2, -0.15) is 0 Å². The molecule has 0 unspecified atom stereocenters. The number of imidazole rings is 1. The lowest BCUT2D eigenvalue weighted by Gasteiger charge is -2.19. The average molecular weight is 404 g/mol. The first-order valence-corrected chi connectivity index (χ1v) is 9.53. The van der Waals surface area contributed by atoms with Crippen LogP contribution in [0.5, 0.6) is 0 Å². The van der Waals surface area contributed by atoms with Crippen LogP contribution in [0.1, 0.15) is 36.3 Å². The minimum Gasteiger partial charge on any atom is -0.451 e. The Morgan fingerprint density at radius 3 is 2.57 bits per heavy atom. The number of amides is 1. The fourth-order valence-electron chi connectivity index (χ4n) is 3.33. The Kier molecular flexibility index (Phi) is 5.05. The first-order chi connectivity index (χ1) is 14.4. The monoisotopic (exact) mass is 404 g/mol. The Bertz CT molecular complexity index is 1190. The van der Waals surface area contributed by atoms with E-state index in [9.17, 15) is 14.9 Å². The summed E-state index contributed by atoms with van der Waals surface area (Å²) in [4.78, 5) is 31.5. The molecule has 2 aromatic heterocycles. The van der Waals surface area contributed by atoms with Crippen molar-refractivity contribution in [2.75, 3.05) is 0 Å². The van der Waals surface area contributed by atoms with Crippen molar-refractivity contribution in [2.24, 2.45) is 5.92 Å². The van der Waals surface area contributed by atoms with Crippen LogP contribution in [0.3, 0.4) is 0 Å². The van der Waals surface area contributed by atoms with Gasteiger partial charge >= 0.3 is 0 Å². The van der Waals surface area contributed by atoms with Gasteiger partial charge in [0, 0.05) is 6.07 Å². The number of fused-ring (bicyclic) bond motifs is 1. The molecule has 8 nitrogen and oxygen atoms in total. The zero-order chi connectivity index (χ0) is 21.3. The van der Waals surface area contributed by atoms with Crippen LogP contribution < -0.4 is 5.32 Å². The number of nitro groups is 1. The average Bonchev–Trinajstić information content (AvgIpc) is 3.38. The van der Waals surface area contributed by atoms with Crippen molar-refractivity contribution in [1.29, 1.82) is 0 Å². The number of rotatable bonds is 6. The molecule has 0 radical (unpaired) electrons. The summed E-state index contributed by atoms with van der Waals surface area (Å²) in [7, 11) is 0. The topological polar surface area (TPSA) is 114 Å². The van der Waals surface area contributed by atoms with Gasteiger partial charge in [0.15, 0.2) is 5.76 Å². The molecule has 2 heterocycles. The lowest BCUT2D eigenvalue weighted by molar-refractivity contribution is -0.384. The van der Waals surface area contributed by atoms with Gasteiger partial charge < -0.3 is 14.7 Å². The highest BCUT2D eigenvalue weighted by atomic mass is 16.6. The lowest BCUT2D eigenvalue weighted by atomic mass is 10.0. The van der Waals surface area contributed by atoms with Crippen molar-refractivity contribution in [1.82, 2.24) is 15.3 Å². The van der Waals surface area contributed by atoms with Crippen LogP contribution in [0.4, 0.5) is 5.69 Å². The highest BCUT2D eigenvalue weighted by molar-refractivity contribution is 5.92. The highest BCUT2D eigenvalue weighted by Gasteiger charge is 2.25. The van der Waals surface area contributed by atoms with Crippen molar-refractivity contribution >= 4 is 22.6 Å². The number of hydrogen-bond donors (Lipinski definition) is 2. The van der Waals surface area contributed by atoms with Gasteiger partial charge in [0.1, 0.15) is 11.6 Å². The van der Waals surface area contributed by atoms with Gasteiger partial charge in [-0.15, -0.1) is 0 Å². The van der Waals surface area contributed by atoms with Crippen molar-refractivity contribution in [3.63, 3.8) is 0 Å². The molecule has 0 bridgehead atoms. The van der Waals surface area contributed by atoms with Gasteiger partial charge in [0.25, 0.3) is 11.6 Å². The fraction of sp³-hybridized carbons (Fsp3) is 0.182. The number of nitrogens with one attached hydrogen (secondary N) is 2. The third kappa shape index (κ3) is 3.67. The number of aromatic amines is 1. The quantitative estimate of drug-likeness (QED) is 0.352. The maximum absolute atomic E-state index is 12.8. The van der Waals surface area contributed by atoms with Gasteiger partial charge in [0.2, 0.25) is 0 Å². The molecule has 1 atom stereocenters. The van der Waals surface area contributed by atoms with E-state index in [4.69, 9.17) is 4.42 Å². The minimum atomic E-state index is -0.478. The van der Waals surface area contributed by atoms with Gasteiger partial charge in [-0.25, -0.2) is 4.98 Å². The van der Waals surface area contributed by atoms with Crippen LogP contribution in [0.2, 0.25) is 0 Å². The minimum absolute atomic E-state index is 0.0687. The maximum Gasteiger partial charge on any atom is 0.287 e. The number of carbonyl (C=O) groups is 1. The number of nitrogens with zero attached hydrogens (tertiary/aromatic N) is 2. The fourth-order valence-corrected chi connectivity index (χ4v) is 3.33. The largest absolute Gasteiger partial charge is 0.451 e. The van der Waals surface area contributed by atoms with E-state index >= 15 is 0 Å². The Morgan fingerprint density at radius 1 is 1.10 bits per heavy atom. The molecular weight excluding hydrogens is 384 g/mol. The molecule has 8 heteroatoms. The van der Waals surface area contributed by atoms with E-state index < -0.39 is 10.8 Å². The van der Waals surface area contributed by atoms with Gasteiger partial charge in [-0.1, -0.05) is 38.1 Å². The van der Waals surface area contributed by atoms with Crippen LogP contribution in [-0.4, -0.2) is 20.8 Å². The summed E-state index contributed by atoms with van der Waals surface area (Å²) >= 11 is 0. The summed E-state index contributed by atoms with van der Waals surface area (Å²) in [5.41, 5.74) is 1.95. The van der Waals surface area contributed by atoms with Gasteiger partial charge in [0.05, 0.1) is 27.6 Å². The van der Waals surface area contributed by atoms with E-state index in [1.54, 1.807) is 24.3 Å². The summed E-state index contributed by atoms with van der Waals surface area (Å²) in [5, 5.41) is 14.2. The first-order valence-electron chi connectivity index (χ1n) is 9.53. The van der Waals surface area contributed by atoms with E-state index in [0.29, 0.717) is 11.4 Å². The molecule has 2 aromatic carbocycles. The van der Waals surface area contributed by atoms with Crippen LogP contribution in [0.25, 0.3) is 22.4 Å². The van der Waals surface area contributed by atoms with Gasteiger partial charge in [-0.05, 0) is 36.2 Å². The summed E-state index contributed by atoms with van der Waals surface area (Å²) in [6.45, 7) is 3.97. The number of hydrogen-bond acceptors (Lipinski definition) is 5. The second-order valence-corrected chi connectivity index (χ2v) is 7.27. The molecule has 0 saturated heterocycles. The maximum atomic E-state index is 12.8. The highest BCUT2D eigenvalue weighted by Crippen LogP contribution is 2.31. The number of nitro benzene ring substituents is 1. The molecule has 4 rings (SSSR count). The second kappa shape index (κ2) is 7.82. The van der Waals surface area contributed by atoms with Crippen molar-refractivity contribution in [3.8, 4) is 11.3 Å². The standard InChI is InChI=1S/C22H20N4O4/c1-13(2)20(21-23-15-8-4-5-9-16(15)24-21)25-22(27)19-12-11-18(30-19)14-7-3-6-10-17(14)26(28)29/h3-13,20H,1-2H3,(H,23,24)(H,25,27)/t20-/m0/s1. The predicted molar refractivity (Wildman–Crippen MR) is 112 cm³/mol. The van der Waals surface area contributed by atoms with E-state index in [2.05, 4.69) is 15.3 Å². The van der Waals surface area contributed by atoms with E-state index in [1.807, 2.05) is 38.1 Å². The molecule has 0 aliphatic carbocycles. The molecule has 2 N–H and O–H groups in total. The zero-order valence-electron chi connectivity index (χ0n) is 16.5. The molecule has 1 amide bonds. The molecular formula is C22H20N4O4. The third-order valence-corrected chi connectivity index (χ3v) is 4.85. The number of benzene rings is 2. The van der Waals surface area contributed by atoms with Crippen molar-refractivity contribution in [2.45, 2.75) is 19.9 Å². The number of H-pyrrole nitrogens is 1. The Labute approximate surface area is 172 Å². The lowest BCUT2D eigenvalue weighted by Crippen LogP contribution is -2.32. The summed E-state index contributed by atoms with van der Waals surface area (Å²) in [5.74, 6) is 0.644. The van der Waals surface area contributed by atoms with Crippen molar-refractivity contribution in [3.05, 3.63) is 82.4 Å². The smallest absolute Gasteiger partial charge is 0.287 e. The first kappa shape index (κ1) is 19.4. The number of aromatic nitrogens is 2. The Balaban J connectivity index is 1.59. The second-order valence-electron chi connectivity index (χ2n) is 7.27. The normalized spacial score (nSPS) is 12.2. The van der Waals surface area contributed by atoms with Crippen molar-refractivity contribution < 1.29 is 14.1 Å². The zero-order valence-corrected chi connectivity index (χ0v) is 16.5. The van der Waals surface area contributed by atoms with E-state index in [-0.39, 0.29) is 29.2 Å². The van der Waals surface area contributed by atoms with Crippen LogP contribution in [-0.2, 0) is 0 Å². The Morgan fingerprint density at radius 2 is 1.83 bits per heavy atom. The van der Waals surface area contributed by atoms with Crippen LogP contribution >= 0.6 is 0 Å². The molecule has 0 aliphatic rings. The summed E-state index contributed by atoms with van der Waals surface area (Å²) < 4.78 is 5.65. The number of carbonyl (C=O) groups excluding carboxylic acids is 1. The molecule has 0 spiro atoms. The summed E-state index contributed by atoms with van der Waals surface area (Å²) in [6, 6.07) is 16.6. The molecule has 30 heavy (non-hydrogen) atoms. The van der Waals surface area contributed by atoms with Crippen LogP contribution in [0.15, 0.2) is 65.1 Å². The molecule has 0 fully saturated rings. The molecule has 152 valence electrons. The van der Waals surface area contributed by atoms with E-state index in [0.717, 1.165) is 11.0 Å². The molecule has 4 aromatic rings. The third-order valence-electron chi connectivity index (χ3n) is 4.85. The number of para-hydroxylation sites is 3. The number of furan rings is 1. The Hall–Kier alpha value is -3.94.